The van der Waals surface area contributed by atoms with Crippen LogP contribution in [0.15, 0.2) is 48.5 Å². The van der Waals surface area contributed by atoms with Crippen molar-refractivity contribution in [1.82, 2.24) is 4.72 Å². The van der Waals surface area contributed by atoms with Crippen molar-refractivity contribution in [3.63, 3.8) is 0 Å². The fourth-order valence-electron chi connectivity index (χ4n) is 2.95. The van der Waals surface area contributed by atoms with Gasteiger partial charge < -0.3 is 9.84 Å². The Labute approximate surface area is 152 Å². The maximum absolute atomic E-state index is 12.3. The van der Waals surface area contributed by atoms with Crippen LogP contribution < -0.4 is 9.46 Å². The second kappa shape index (κ2) is 7.88. The zero-order chi connectivity index (χ0) is 18.6. The van der Waals surface area contributed by atoms with Gasteiger partial charge in [0.05, 0.1) is 12.4 Å². The topological polar surface area (TPSA) is 92.7 Å². The Hall–Kier alpha value is -2.38. The van der Waals surface area contributed by atoms with Gasteiger partial charge >= 0.3 is 5.97 Å². The summed E-state index contributed by atoms with van der Waals surface area (Å²) in [4.78, 5) is 11.4. The molecular weight excluding hydrogens is 354 g/mol. The molecule has 1 aliphatic heterocycles. The van der Waals surface area contributed by atoms with Crippen LogP contribution in [0, 0.1) is 0 Å². The second-order valence-corrected chi connectivity index (χ2v) is 8.18. The summed E-state index contributed by atoms with van der Waals surface area (Å²) >= 11 is 0. The van der Waals surface area contributed by atoms with Crippen LogP contribution in [0.1, 0.15) is 16.7 Å². The highest BCUT2D eigenvalue weighted by atomic mass is 32.2. The van der Waals surface area contributed by atoms with Gasteiger partial charge in [0.2, 0.25) is 10.0 Å². The van der Waals surface area contributed by atoms with Crippen molar-refractivity contribution in [3.05, 3.63) is 65.2 Å². The lowest BCUT2D eigenvalue weighted by molar-refractivity contribution is -0.138. The summed E-state index contributed by atoms with van der Waals surface area (Å²) in [5.41, 5.74) is 2.75. The molecule has 0 amide bonds. The summed E-state index contributed by atoms with van der Waals surface area (Å²) < 4.78 is 32.4. The molecule has 0 aromatic heterocycles. The number of aliphatic carboxylic acids is 1. The van der Waals surface area contributed by atoms with Crippen molar-refractivity contribution >= 4 is 16.0 Å². The first-order chi connectivity index (χ1) is 12.4. The van der Waals surface area contributed by atoms with E-state index in [4.69, 9.17) is 4.74 Å². The number of ether oxygens (including phenoxy) is 1. The summed E-state index contributed by atoms with van der Waals surface area (Å²) in [6.07, 6.45) is 1.25. The quantitative estimate of drug-likeness (QED) is 0.734. The van der Waals surface area contributed by atoms with Crippen molar-refractivity contribution in [2.45, 2.75) is 25.3 Å². The lowest BCUT2D eigenvalue weighted by Crippen LogP contribution is -2.43. The van der Waals surface area contributed by atoms with Gasteiger partial charge in [0.25, 0.3) is 0 Å². The van der Waals surface area contributed by atoms with E-state index in [9.17, 15) is 18.3 Å². The Bertz CT molecular complexity index is 880. The maximum atomic E-state index is 12.3. The third-order valence-corrected chi connectivity index (χ3v) is 5.70. The van der Waals surface area contributed by atoms with Gasteiger partial charge in [-0.2, -0.15) is 0 Å². The van der Waals surface area contributed by atoms with E-state index >= 15 is 0 Å². The summed E-state index contributed by atoms with van der Waals surface area (Å²) in [5.74, 6) is -0.499. The van der Waals surface area contributed by atoms with Crippen LogP contribution in [0.25, 0.3) is 0 Å². The highest BCUT2D eigenvalue weighted by Gasteiger charge is 2.24. The third-order valence-electron chi connectivity index (χ3n) is 4.32. The van der Waals surface area contributed by atoms with Crippen molar-refractivity contribution in [2.75, 3.05) is 12.4 Å². The van der Waals surface area contributed by atoms with E-state index in [0.717, 1.165) is 28.9 Å². The van der Waals surface area contributed by atoms with Crippen molar-refractivity contribution < 1.29 is 23.1 Å². The average molecular weight is 375 g/mol. The van der Waals surface area contributed by atoms with E-state index in [1.54, 1.807) is 24.3 Å². The zero-order valence-corrected chi connectivity index (χ0v) is 15.0. The normalized spacial score (nSPS) is 14.5. The summed E-state index contributed by atoms with van der Waals surface area (Å²) in [6.45, 7) is 0.651. The van der Waals surface area contributed by atoms with Gasteiger partial charge in [-0.15, -0.1) is 0 Å². The monoisotopic (exact) mass is 375 g/mol. The Morgan fingerprint density at radius 2 is 1.92 bits per heavy atom. The van der Waals surface area contributed by atoms with Crippen LogP contribution in [0.5, 0.6) is 5.75 Å². The van der Waals surface area contributed by atoms with E-state index < -0.39 is 22.0 Å². The van der Waals surface area contributed by atoms with Crippen LogP contribution in [0.2, 0.25) is 0 Å². The van der Waals surface area contributed by atoms with Crippen LogP contribution in [-0.2, 0) is 34.1 Å². The number of hydrogen-bond acceptors (Lipinski definition) is 4. The predicted molar refractivity (Wildman–Crippen MR) is 97.8 cm³/mol. The van der Waals surface area contributed by atoms with E-state index in [1.807, 2.05) is 24.3 Å². The Morgan fingerprint density at radius 3 is 2.65 bits per heavy atom. The molecule has 7 heteroatoms. The molecule has 0 saturated carbocycles. The molecule has 2 aromatic carbocycles. The number of nitrogens with one attached hydrogen (secondary N) is 1. The molecule has 3 rings (SSSR count). The number of benzene rings is 2. The minimum absolute atomic E-state index is 0.103. The van der Waals surface area contributed by atoms with Gasteiger partial charge in [0, 0.05) is 6.42 Å². The van der Waals surface area contributed by atoms with Gasteiger partial charge in [-0.1, -0.05) is 42.5 Å². The molecule has 1 aliphatic rings. The minimum atomic E-state index is -3.72. The molecule has 0 aliphatic carbocycles. The van der Waals surface area contributed by atoms with Crippen LogP contribution in [0.3, 0.4) is 0 Å². The highest BCUT2D eigenvalue weighted by molar-refractivity contribution is 7.89. The lowest BCUT2D eigenvalue weighted by Gasteiger charge is -2.15. The summed E-state index contributed by atoms with van der Waals surface area (Å²) in [5, 5.41) is 9.35. The first kappa shape index (κ1) is 18.4. The number of carboxylic acids is 1. The van der Waals surface area contributed by atoms with Crippen LogP contribution >= 0.6 is 0 Å². The molecule has 0 fully saturated rings. The van der Waals surface area contributed by atoms with Crippen molar-refractivity contribution in [2.24, 2.45) is 0 Å². The van der Waals surface area contributed by atoms with E-state index in [2.05, 4.69) is 4.72 Å². The summed E-state index contributed by atoms with van der Waals surface area (Å²) in [7, 11) is -3.72. The van der Waals surface area contributed by atoms with Crippen LogP contribution in [0.4, 0.5) is 0 Å². The fourth-order valence-corrected chi connectivity index (χ4v) is 4.19. The average Bonchev–Trinajstić information content (AvgIpc) is 3.08. The smallest absolute Gasteiger partial charge is 0.322 e. The molecule has 0 bridgehead atoms. The number of carboxylic acid groups (broad SMARTS) is 1. The van der Waals surface area contributed by atoms with Gasteiger partial charge in [-0.3, -0.25) is 4.79 Å². The lowest BCUT2D eigenvalue weighted by atomic mass is 10.1. The Morgan fingerprint density at radius 1 is 1.15 bits per heavy atom. The fraction of sp³-hybridized carbons (Fsp3) is 0.316. The van der Waals surface area contributed by atoms with Crippen molar-refractivity contribution in [1.29, 1.82) is 0 Å². The second-order valence-electron chi connectivity index (χ2n) is 6.31. The SMILES string of the molecule is O=C(O)[C@H](Cc1ccccc1)NS(=O)(=O)CCc1ccc2c(c1)CCO2. The standard InChI is InChI=1S/C19H21NO5S/c21-19(22)17(13-14-4-2-1-3-5-14)20-26(23,24)11-9-15-6-7-18-16(12-15)8-10-25-18/h1-7,12,17,20H,8-11,13H2,(H,21,22)/t17-/m0/s1. The minimum Gasteiger partial charge on any atom is -0.493 e. The maximum Gasteiger partial charge on any atom is 0.322 e. The molecule has 6 nitrogen and oxygen atoms in total. The molecule has 0 spiro atoms. The third kappa shape index (κ3) is 4.83. The molecule has 2 N–H and O–H groups in total. The van der Waals surface area contributed by atoms with E-state index in [0.29, 0.717) is 13.0 Å². The zero-order valence-electron chi connectivity index (χ0n) is 14.2. The molecule has 1 heterocycles. The van der Waals surface area contributed by atoms with Gasteiger partial charge in [0.15, 0.2) is 0 Å². The van der Waals surface area contributed by atoms with Crippen molar-refractivity contribution in [3.8, 4) is 5.75 Å². The molecule has 0 saturated heterocycles. The molecule has 0 radical (unpaired) electrons. The largest absolute Gasteiger partial charge is 0.493 e. The predicted octanol–water partition coefficient (Wildman–Crippen LogP) is 1.78. The van der Waals surface area contributed by atoms with Gasteiger partial charge in [0.1, 0.15) is 11.8 Å². The first-order valence-electron chi connectivity index (χ1n) is 8.44. The number of aryl methyl sites for hydroxylation is 1. The molecule has 138 valence electrons. The summed E-state index contributed by atoms with van der Waals surface area (Å²) in [6, 6.07) is 13.4. The molecule has 26 heavy (non-hydrogen) atoms. The Balaban J connectivity index is 1.62. The first-order valence-corrected chi connectivity index (χ1v) is 10.1. The number of sulfonamides is 1. The molecular formula is C19H21NO5S. The van der Waals surface area contributed by atoms with E-state index in [1.165, 1.54) is 0 Å². The number of fused-ring (bicyclic) bond motifs is 1. The molecule has 1 atom stereocenters. The van der Waals surface area contributed by atoms with E-state index in [-0.39, 0.29) is 12.2 Å². The number of rotatable bonds is 8. The Kier molecular flexibility index (Phi) is 5.58. The highest BCUT2D eigenvalue weighted by Crippen LogP contribution is 2.26. The number of hydrogen-bond donors (Lipinski definition) is 2. The van der Waals surface area contributed by atoms with Gasteiger partial charge in [-0.05, 0) is 35.6 Å². The molecule has 2 aromatic rings. The molecule has 0 unspecified atom stereocenters. The van der Waals surface area contributed by atoms with Crippen LogP contribution in [-0.4, -0.2) is 37.9 Å². The number of carbonyl (C=O) groups is 1. The van der Waals surface area contributed by atoms with Gasteiger partial charge in [-0.25, -0.2) is 13.1 Å².